The van der Waals surface area contributed by atoms with E-state index in [4.69, 9.17) is 0 Å². The van der Waals surface area contributed by atoms with E-state index in [0.717, 1.165) is 13.1 Å². The molecule has 27 heavy (non-hydrogen) atoms. The highest BCUT2D eigenvalue weighted by atomic mass is 16.2. The first-order chi connectivity index (χ1) is 13.1. The third-order valence-corrected chi connectivity index (χ3v) is 4.62. The molecule has 0 saturated carbocycles. The molecule has 1 aromatic heterocycles. The molecule has 1 N–H and O–H groups in total. The van der Waals surface area contributed by atoms with E-state index in [9.17, 15) is 14.4 Å². The van der Waals surface area contributed by atoms with E-state index in [-0.39, 0.29) is 18.0 Å². The fraction of sp³-hybridized carbons (Fsp3) is 0.300. The number of carbonyl (C=O) groups is 3. The number of aromatic nitrogens is 1. The highest BCUT2D eigenvalue weighted by Gasteiger charge is 2.23. The Morgan fingerprint density at radius 2 is 1.78 bits per heavy atom. The van der Waals surface area contributed by atoms with Gasteiger partial charge in [0.25, 0.3) is 11.7 Å². The highest BCUT2D eigenvalue weighted by molar-refractivity contribution is 6.42. The summed E-state index contributed by atoms with van der Waals surface area (Å²) in [6.45, 7) is 4.52. The number of hydrogen-bond acceptors (Lipinski definition) is 5. The molecule has 2 amide bonds. The van der Waals surface area contributed by atoms with E-state index in [1.165, 1.54) is 29.7 Å². The number of aryl methyl sites for hydroxylation is 1. The number of benzene rings is 1. The SMILES string of the molecule is Cc1ccccc1N1CCN(C(=O)CNC(=O)C(=O)c2cccnc2)CC1. The van der Waals surface area contributed by atoms with Crippen LogP contribution in [-0.2, 0) is 9.59 Å². The number of rotatable bonds is 5. The van der Waals surface area contributed by atoms with Gasteiger partial charge in [-0.2, -0.15) is 0 Å². The Hall–Kier alpha value is -3.22. The van der Waals surface area contributed by atoms with Crippen LogP contribution in [0.2, 0.25) is 0 Å². The molecule has 1 aromatic carbocycles. The number of nitrogens with zero attached hydrogens (tertiary/aromatic N) is 3. The number of carbonyl (C=O) groups excluding carboxylic acids is 3. The summed E-state index contributed by atoms with van der Waals surface area (Å²) in [5.74, 6) is -1.68. The van der Waals surface area contributed by atoms with Crippen molar-refractivity contribution in [1.29, 1.82) is 0 Å². The van der Waals surface area contributed by atoms with E-state index in [1.807, 2.05) is 12.1 Å². The van der Waals surface area contributed by atoms with Gasteiger partial charge in [0, 0.05) is 49.8 Å². The molecule has 1 aliphatic heterocycles. The van der Waals surface area contributed by atoms with Crippen LogP contribution in [0.3, 0.4) is 0 Å². The Morgan fingerprint density at radius 1 is 1.04 bits per heavy atom. The molecule has 7 heteroatoms. The van der Waals surface area contributed by atoms with Gasteiger partial charge in [0.1, 0.15) is 0 Å². The van der Waals surface area contributed by atoms with Crippen molar-refractivity contribution in [3.05, 3.63) is 59.9 Å². The first kappa shape index (κ1) is 18.6. The zero-order valence-electron chi connectivity index (χ0n) is 15.2. The summed E-state index contributed by atoms with van der Waals surface area (Å²) in [7, 11) is 0. The zero-order chi connectivity index (χ0) is 19.2. The largest absolute Gasteiger partial charge is 0.368 e. The van der Waals surface area contributed by atoms with Crippen LogP contribution in [-0.4, -0.2) is 60.2 Å². The lowest BCUT2D eigenvalue weighted by Gasteiger charge is -2.36. The third-order valence-electron chi connectivity index (χ3n) is 4.62. The Bertz CT molecular complexity index is 830. The number of para-hydroxylation sites is 1. The van der Waals surface area contributed by atoms with Gasteiger partial charge in [0.05, 0.1) is 6.54 Å². The lowest BCUT2D eigenvalue weighted by Crippen LogP contribution is -2.51. The van der Waals surface area contributed by atoms with Crippen molar-refractivity contribution >= 4 is 23.3 Å². The summed E-state index contributed by atoms with van der Waals surface area (Å²) in [6.07, 6.45) is 2.85. The molecule has 0 unspecified atom stereocenters. The van der Waals surface area contributed by atoms with Crippen molar-refractivity contribution < 1.29 is 14.4 Å². The number of anilines is 1. The molecule has 2 aromatic rings. The summed E-state index contributed by atoms with van der Waals surface area (Å²) < 4.78 is 0. The van der Waals surface area contributed by atoms with Crippen LogP contribution in [0.25, 0.3) is 0 Å². The van der Waals surface area contributed by atoms with Crippen molar-refractivity contribution in [3.63, 3.8) is 0 Å². The Balaban J connectivity index is 1.48. The van der Waals surface area contributed by atoms with E-state index in [1.54, 1.807) is 11.0 Å². The van der Waals surface area contributed by atoms with Crippen LogP contribution in [0, 0.1) is 6.92 Å². The van der Waals surface area contributed by atoms with Gasteiger partial charge in [-0.25, -0.2) is 0 Å². The fourth-order valence-corrected chi connectivity index (χ4v) is 3.09. The first-order valence-electron chi connectivity index (χ1n) is 8.87. The molecular formula is C20H22N4O3. The van der Waals surface area contributed by atoms with Crippen LogP contribution < -0.4 is 10.2 Å². The number of nitrogens with one attached hydrogen (secondary N) is 1. The monoisotopic (exact) mass is 366 g/mol. The Morgan fingerprint density at radius 3 is 2.44 bits per heavy atom. The molecule has 7 nitrogen and oxygen atoms in total. The summed E-state index contributed by atoms with van der Waals surface area (Å²) in [5.41, 5.74) is 2.59. The average molecular weight is 366 g/mol. The van der Waals surface area contributed by atoms with Gasteiger partial charge >= 0.3 is 0 Å². The zero-order valence-corrected chi connectivity index (χ0v) is 15.2. The van der Waals surface area contributed by atoms with Crippen molar-refractivity contribution in [2.75, 3.05) is 37.6 Å². The number of Topliss-reactive ketones (excluding diaryl/α,β-unsaturated/α-hetero) is 1. The summed E-state index contributed by atoms with van der Waals surface area (Å²) >= 11 is 0. The minimum Gasteiger partial charge on any atom is -0.368 e. The minimum absolute atomic E-state index is 0.185. The predicted molar refractivity (Wildman–Crippen MR) is 102 cm³/mol. The Labute approximate surface area is 158 Å². The number of piperazine rings is 1. The number of ketones is 1. The van der Waals surface area contributed by atoms with Crippen LogP contribution in [0.4, 0.5) is 5.69 Å². The normalized spacial score (nSPS) is 14.0. The van der Waals surface area contributed by atoms with Crippen LogP contribution in [0.1, 0.15) is 15.9 Å². The molecule has 1 aliphatic rings. The highest BCUT2D eigenvalue weighted by Crippen LogP contribution is 2.20. The number of hydrogen-bond donors (Lipinski definition) is 1. The molecule has 2 heterocycles. The number of amides is 2. The molecule has 1 saturated heterocycles. The molecule has 1 fully saturated rings. The molecule has 140 valence electrons. The van der Waals surface area contributed by atoms with E-state index >= 15 is 0 Å². The van der Waals surface area contributed by atoms with Gasteiger partial charge in [0.2, 0.25) is 5.91 Å². The minimum atomic E-state index is -0.796. The molecule has 3 rings (SSSR count). The first-order valence-corrected chi connectivity index (χ1v) is 8.87. The molecule has 0 atom stereocenters. The van der Waals surface area contributed by atoms with Crippen molar-refractivity contribution in [1.82, 2.24) is 15.2 Å². The maximum absolute atomic E-state index is 12.3. The van der Waals surface area contributed by atoms with Crippen molar-refractivity contribution in [2.45, 2.75) is 6.92 Å². The maximum Gasteiger partial charge on any atom is 0.292 e. The second-order valence-corrected chi connectivity index (χ2v) is 6.41. The van der Waals surface area contributed by atoms with Crippen molar-refractivity contribution in [3.8, 4) is 0 Å². The predicted octanol–water partition coefficient (Wildman–Crippen LogP) is 1.04. The lowest BCUT2D eigenvalue weighted by atomic mass is 10.1. The van der Waals surface area contributed by atoms with Gasteiger partial charge in [-0.05, 0) is 30.7 Å². The standard InChI is InChI=1S/C20H22N4O3/c1-15-5-2-3-7-17(15)23-9-11-24(12-10-23)18(25)14-22-20(27)19(26)16-6-4-8-21-13-16/h2-8,13H,9-12,14H2,1H3,(H,22,27). The molecule has 0 spiro atoms. The van der Waals surface area contributed by atoms with Crippen molar-refractivity contribution in [2.24, 2.45) is 0 Å². The van der Waals surface area contributed by atoms with Gasteiger partial charge in [0.15, 0.2) is 0 Å². The summed E-state index contributed by atoms with van der Waals surface area (Å²) in [6, 6.07) is 11.3. The molecule has 0 bridgehead atoms. The topological polar surface area (TPSA) is 82.6 Å². The number of pyridine rings is 1. The summed E-state index contributed by atoms with van der Waals surface area (Å²) in [4.78, 5) is 44.0. The van der Waals surface area contributed by atoms with Gasteiger partial charge in [-0.15, -0.1) is 0 Å². The Kier molecular flexibility index (Phi) is 5.80. The van der Waals surface area contributed by atoms with Gasteiger partial charge in [-0.3, -0.25) is 19.4 Å². The van der Waals surface area contributed by atoms with E-state index < -0.39 is 11.7 Å². The maximum atomic E-state index is 12.3. The van der Waals surface area contributed by atoms with E-state index in [0.29, 0.717) is 13.1 Å². The third kappa shape index (κ3) is 4.49. The second-order valence-electron chi connectivity index (χ2n) is 6.41. The lowest BCUT2D eigenvalue weighted by molar-refractivity contribution is -0.132. The van der Waals surface area contributed by atoms with Crippen LogP contribution in [0.5, 0.6) is 0 Å². The fourth-order valence-electron chi connectivity index (χ4n) is 3.09. The smallest absolute Gasteiger partial charge is 0.292 e. The summed E-state index contributed by atoms with van der Waals surface area (Å²) in [5, 5.41) is 2.41. The van der Waals surface area contributed by atoms with E-state index in [2.05, 4.69) is 34.3 Å². The van der Waals surface area contributed by atoms with Crippen LogP contribution in [0.15, 0.2) is 48.8 Å². The molecule has 0 aliphatic carbocycles. The second kappa shape index (κ2) is 8.44. The average Bonchev–Trinajstić information content (AvgIpc) is 2.72. The van der Waals surface area contributed by atoms with Gasteiger partial charge in [-0.1, -0.05) is 18.2 Å². The molecule has 0 radical (unpaired) electrons. The molecular weight excluding hydrogens is 344 g/mol. The van der Waals surface area contributed by atoms with Gasteiger partial charge < -0.3 is 15.1 Å². The quantitative estimate of drug-likeness (QED) is 0.631. The van der Waals surface area contributed by atoms with Crippen LogP contribution >= 0.6 is 0 Å².